The standard InChI is InChI=1S/C10H19N3/c1-4-9(3)13-6-5-10(12-13)7-8(2)11/h5-6,8-9H,4,7,11H2,1-3H3. The predicted octanol–water partition coefficient (Wildman–Crippen LogP) is 1.74. The third-order valence-corrected chi connectivity index (χ3v) is 2.24. The van der Waals surface area contributed by atoms with E-state index in [2.05, 4.69) is 25.0 Å². The molecular formula is C10H19N3. The molecule has 0 saturated carbocycles. The summed E-state index contributed by atoms with van der Waals surface area (Å²) in [6.45, 7) is 6.34. The molecule has 2 N–H and O–H groups in total. The number of rotatable bonds is 4. The van der Waals surface area contributed by atoms with Crippen molar-refractivity contribution in [3.05, 3.63) is 18.0 Å². The summed E-state index contributed by atoms with van der Waals surface area (Å²) in [7, 11) is 0. The summed E-state index contributed by atoms with van der Waals surface area (Å²) in [5.74, 6) is 0. The van der Waals surface area contributed by atoms with Crippen molar-refractivity contribution in [2.45, 2.75) is 45.7 Å². The predicted molar refractivity (Wildman–Crippen MR) is 54.6 cm³/mol. The first kappa shape index (κ1) is 10.3. The molecule has 74 valence electrons. The van der Waals surface area contributed by atoms with Gasteiger partial charge >= 0.3 is 0 Å². The summed E-state index contributed by atoms with van der Waals surface area (Å²) >= 11 is 0. The second-order valence-corrected chi connectivity index (χ2v) is 3.73. The Morgan fingerprint density at radius 1 is 1.54 bits per heavy atom. The lowest BCUT2D eigenvalue weighted by atomic mass is 10.2. The molecule has 0 aliphatic heterocycles. The lowest BCUT2D eigenvalue weighted by Crippen LogP contribution is -2.18. The van der Waals surface area contributed by atoms with E-state index >= 15 is 0 Å². The maximum Gasteiger partial charge on any atom is 0.0640 e. The average Bonchev–Trinajstić information content (AvgIpc) is 2.50. The van der Waals surface area contributed by atoms with Crippen LogP contribution in [-0.4, -0.2) is 15.8 Å². The van der Waals surface area contributed by atoms with Gasteiger partial charge in [0.25, 0.3) is 0 Å². The van der Waals surface area contributed by atoms with E-state index < -0.39 is 0 Å². The van der Waals surface area contributed by atoms with Crippen LogP contribution in [0.15, 0.2) is 12.3 Å². The van der Waals surface area contributed by atoms with Gasteiger partial charge in [-0.2, -0.15) is 5.10 Å². The zero-order valence-corrected chi connectivity index (χ0v) is 8.70. The Balaban J connectivity index is 2.63. The van der Waals surface area contributed by atoms with Gasteiger partial charge in [0.15, 0.2) is 0 Å². The molecule has 0 aliphatic rings. The zero-order chi connectivity index (χ0) is 9.84. The Morgan fingerprint density at radius 3 is 2.77 bits per heavy atom. The normalized spacial score (nSPS) is 15.7. The van der Waals surface area contributed by atoms with Crippen molar-refractivity contribution < 1.29 is 0 Å². The second-order valence-electron chi connectivity index (χ2n) is 3.73. The fourth-order valence-electron chi connectivity index (χ4n) is 1.25. The van der Waals surface area contributed by atoms with E-state index in [4.69, 9.17) is 5.73 Å². The molecule has 13 heavy (non-hydrogen) atoms. The van der Waals surface area contributed by atoms with E-state index in [1.54, 1.807) is 0 Å². The minimum atomic E-state index is 0.195. The van der Waals surface area contributed by atoms with E-state index in [-0.39, 0.29) is 6.04 Å². The van der Waals surface area contributed by atoms with Gasteiger partial charge in [-0.05, 0) is 26.3 Å². The van der Waals surface area contributed by atoms with Crippen LogP contribution in [0, 0.1) is 0 Å². The molecule has 0 saturated heterocycles. The van der Waals surface area contributed by atoms with Gasteiger partial charge in [-0.25, -0.2) is 0 Å². The SMILES string of the molecule is CCC(C)n1ccc(CC(C)N)n1. The van der Waals surface area contributed by atoms with Crippen LogP contribution in [0.1, 0.15) is 38.9 Å². The van der Waals surface area contributed by atoms with E-state index in [1.165, 1.54) is 0 Å². The minimum Gasteiger partial charge on any atom is -0.328 e. The first-order valence-electron chi connectivity index (χ1n) is 4.93. The van der Waals surface area contributed by atoms with Crippen LogP contribution < -0.4 is 5.73 Å². The van der Waals surface area contributed by atoms with Crippen molar-refractivity contribution in [3.63, 3.8) is 0 Å². The molecule has 0 aromatic carbocycles. The molecule has 3 nitrogen and oxygen atoms in total. The largest absolute Gasteiger partial charge is 0.328 e. The Kier molecular flexibility index (Phi) is 3.48. The van der Waals surface area contributed by atoms with Gasteiger partial charge in [0.2, 0.25) is 0 Å². The molecule has 0 bridgehead atoms. The monoisotopic (exact) mass is 181 g/mol. The highest BCUT2D eigenvalue weighted by atomic mass is 15.3. The first-order chi connectivity index (χ1) is 6.13. The van der Waals surface area contributed by atoms with Crippen molar-refractivity contribution in [1.82, 2.24) is 9.78 Å². The summed E-state index contributed by atoms with van der Waals surface area (Å²) in [5.41, 5.74) is 6.79. The van der Waals surface area contributed by atoms with Crippen molar-refractivity contribution in [2.75, 3.05) is 0 Å². The summed E-state index contributed by atoms with van der Waals surface area (Å²) in [5, 5.41) is 4.46. The smallest absolute Gasteiger partial charge is 0.0640 e. The number of hydrogen-bond donors (Lipinski definition) is 1. The van der Waals surface area contributed by atoms with Crippen molar-refractivity contribution >= 4 is 0 Å². The van der Waals surface area contributed by atoms with Crippen LogP contribution in [0.25, 0.3) is 0 Å². The van der Waals surface area contributed by atoms with Crippen LogP contribution in [-0.2, 0) is 6.42 Å². The summed E-state index contributed by atoms with van der Waals surface area (Å²) in [4.78, 5) is 0. The molecule has 2 atom stereocenters. The van der Waals surface area contributed by atoms with E-state index in [9.17, 15) is 0 Å². The third-order valence-electron chi connectivity index (χ3n) is 2.24. The number of nitrogens with two attached hydrogens (primary N) is 1. The average molecular weight is 181 g/mol. The van der Waals surface area contributed by atoms with Crippen LogP contribution in [0.3, 0.4) is 0 Å². The Bertz CT molecular complexity index is 252. The third kappa shape index (κ3) is 2.84. The number of hydrogen-bond acceptors (Lipinski definition) is 2. The Labute approximate surface area is 79.9 Å². The lowest BCUT2D eigenvalue weighted by molar-refractivity contribution is 0.472. The molecule has 1 heterocycles. The highest BCUT2D eigenvalue weighted by Crippen LogP contribution is 2.09. The maximum absolute atomic E-state index is 5.69. The zero-order valence-electron chi connectivity index (χ0n) is 8.70. The van der Waals surface area contributed by atoms with Gasteiger partial charge in [-0.3, -0.25) is 4.68 Å². The first-order valence-corrected chi connectivity index (χ1v) is 4.93. The highest BCUT2D eigenvalue weighted by Gasteiger charge is 2.05. The molecule has 1 aromatic heterocycles. The minimum absolute atomic E-state index is 0.195. The van der Waals surface area contributed by atoms with Crippen LogP contribution in [0.4, 0.5) is 0 Å². The molecule has 0 radical (unpaired) electrons. The van der Waals surface area contributed by atoms with Gasteiger partial charge in [0.1, 0.15) is 0 Å². The molecule has 0 spiro atoms. The van der Waals surface area contributed by atoms with Crippen LogP contribution in [0.2, 0.25) is 0 Å². The fourth-order valence-corrected chi connectivity index (χ4v) is 1.25. The summed E-state index contributed by atoms with van der Waals surface area (Å²) < 4.78 is 2.01. The number of aromatic nitrogens is 2. The molecule has 1 rings (SSSR count). The van der Waals surface area contributed by atoms with Crippen molar-refractivity contribution in [1.29, 1.82) is 0 Å². The van der Waals surface area contributed by atoms with Gasteiger partial charge in [0, 0.05) is 24.7 Å². The van der Waals surface area contributed by atoms with Gasteiger partial charge in [0.05, 0.1) is 5.69 Å². The van der Waals surface area contributed by atoms with E-state index in [1.807, 2.05) is 17.8 Å². The molecule has 0 fully saturated rings. The molecule has 2 unspecified atom stereocenters. The molecule has 1 aromatic rings. The second kappa shape index (κ2) is 4.42. The van der Waals surface area contributed by atoms with Gasteiger partial charge in [-0.1, -0.05) is 6.92 Å². The maximum atomic E-state index is 5.69. The van der Waals surface area contributed by atoms with Crippen molar-refractivity contribution in [2.24, 2.45) is 5.73 Å². The lowest BCUT2D eigenvalue weighted by Gasteiger charge is -2.08. The van der Waals surface area contributed by atoms with Crippen molar-refractivity contribution in [3.8, 4) is 0 Å². The highest BCUT2D eigenvalue weighted by molar-refractivity contribution is 5.01. The van der Waals surface area contributed by atoms with Crippen LogP contribution in [0.5, 0.6) is 0 Å². The topological polar surface area (TPSA) is 43.8 Å². The summed E-state index contributed by atoms with van der Waals surface area (Å²) in [6.07, 6.45) is 4.01. The van der Waals surface area contributed by atoms with Crippen LogP contribution >= 0.6 is 0 Å². The van der Waals surface area contributed by atoms with E-state index in [0.29, 0.717) is 6.04 Å². The van der Waals surface area contributed by atoms with E-state index in [0.717, 1.165) is 18.5 Å². The summed E-state index contributed by atoms with van der Waals surface area (Å²) in [6, 6.07) is 2.73. The quantitative estimate of drug-likeness (QED) is 0.769. The number of nitrogens with zero attached hydrogens (tertiary/aromatic N) is 2. The van der Waals surface area contributed by atoms with Gasteiger partial charge < -0.3 is 5.73 Å². The molecule has 3 heteroatoms. The Hall–Kier alpha value is -0.830. The van der Waals surface area contributed by atoms with Gasteiger partial charge in [-0.15, -0.1) is 0 Å². The molecular weight excluding hydrogens is 162 g/mol. The fraction of sp³-hybridized carbons (Fsp3) is 0.700. The molecule has 0 amide bonds. The molecule has 0 aliphatic carbocycles. The Morgan fingerprint density at radius 2 is 2.23 bits per heavy atom.